The van der Waals surface area contributed by atoms with E-state index in [1.807, 2.05) is 26.0 Å². The van der Waals surface area contributed by atoms with E-state index in [1.165, 1.54) is 11.3 Å². The highest BCUT2D eigenvalue weighted by Gasteiger charge is 2.13. The Labute approximate surface area is 125 Å². The Morgan fingerprint density at radius 3 is 2.85 bits per heavy atom. The Morgan fingerprint density at radius 1 is 1.60 bits per heavy atom. The quantitative estimate of drug-likeness (QED) is 0.928. The van der Waals surface area contributed by atoms with Crippen LogP contribution in [0.4, 0.5) is 0 Å². The zero-order valence-electron chi connectivity index (χ0n) is 11.6. The summed E-state index contributed by atoms with van der Waals surface area (Å²) in [6, 6.07) is 3.92. The molecule has 0 aromatic carbocycles. The van der Waals surface area contributed by atoms with Crippen LogP contribution >= 0.6 is 23.1 Å². The molecule has 20 heavy (non-hydrogen) atoms. The number of hydrogen-bond acceptors (Lipinski definition) is 4. The minimum atomic E-state index is -0.678. The lowest BCUT2D eigenvalue weighted by Crippen LogP contribution is -2.18. The number of fused-ring (bicyclic) bond motifs is 1. The highest BCUT2D eigenvalue weighted by atomic mass is 32.2. The van der Waals surface area contributed by atoms with Crippen LogP contribution in [0, 0.1) is 25.2 Å². The van der Waals surface area contributed by atoms with Crippen molar-refractivity contribution in [3.8, 4) is 6.07 Å². The van der Waals surface area contributed by atoms with Gasteiger partial charge in [0.1, 0.15) is 16.3 Å². The zero-order valence-corrected chi connectivity index (χ0v) is 13.2. The van der Waals surface area contributed by atoms with Crippen molar-refractivity contribution in [2.75, 3.05) is 5.75 Å². The number of carbonyl (C=O) groups excluding carboxylic acids is 1. The van der Waals surface area contributed by atoms with E-state index in [0.29, 0.717) is 4.53 Å². The van der Waals surface area contributed by atoms with Crippen LogP contribution in [0.5, 0.6) is 0 Å². The fourth-order valence-corrected chi connectivity index (χ4v) is 3.86. The van der Waals surface area contributed by atoms with E-state index >= 15 is 0 Å². The number of amides is 1. The maximum atomic E-state index is 11.4. The standard InChI is InChI=1S/C14H15N3OS2/c1-4-19-7-12-17-9(3)8(2)5-11(17)13(20-12)10(6-15)14(16)18/h5,7H,4H2,1-3H3,(H2,16,18). The molecular formula is C14H15N3OS2. The van der Waals surface area contributed by atoms with Gasteiger partial charge in [-0.05, 0) is 31.2 Å². The van der Waals surface area contributed by atoms with Crippen molar-refractivity contribution in [3.05, 3.63) is 26.5 Å². The van der Waals surface area contributed by atoms with Crippen LogP contribution in [0.1, 0.15) is 18.2 Å². The van der Waals surface area contributed by atoms with Crippen LogP contribution in [0.25, 0.3) is 16.5 Å². The molecule has 2 aromatic heterocycles. The molecule has 0 bridgehead atoms. The Bertz CT molecular complexity index is 836. The number of primary amides is 1. The maximum absolute atomic E-state index is 11.4. The Balaban J connectivity index is 3.00. The largest absolute Gasteiger partial charge is 0.365 e. The lowest BCUT2D eigenvalue weighted by Gasteiger charge is -1.93. The molecule has 0 fully saturated rings. The van der Waals surface area contributed by atoms with Crippen molar-refractivity contribution < 1.29 is 4.79 Å². The summed E-state index contributed by atoms with van der Waals surface area (Å²) in [6.07, 6.45) is 0. The second-order valence-corrected chi connectivity index (χ2v) is 6.50. The lowest BCUT2D eigenvalue weighted by molar-refractivity contribution is -0.112. The van der Waals surface area contributed by atoms with Crippen LogP contribution in [-0.4, -0.2) is 16.1 Å². The van der Waals surface area contributed by atoms with E-state index in [9.17, 15) is 4.79 Å². The first-order valence-corrected chi connectivity index (χ1v) is 8.01. The Morgan fingerprint density at radius 2 is 2.30 bits per heavy atom. The van der Waals surface area contributed by atoms with Gasteiger partial charge in [0.25, 0.3) is 5.91 Å². The first-order chi connectivity index (χ1) is 9.51. The monoisotopic (exact) mass is 305 g/mol. The third kappa shape index (κ3) is 2.35. The Kier molecular flexibility index (Phi) is 4.21. The molecule has 1 amide bonds. The SMILES string of the molecule is CCSC=c1sc(=C(C#N)C(N)=O)c2cc(C)c(C)n12. The second kappa shape index (κ2) is 5.73. The summed E-state index contributed by atoms with van der Waals surface area (Å²) >= 11 is 3.12. The van der Waals surface area contributed by atoms with Gasteiger partial charge in [-0.2, -0.15) is 5.26 Å². The lowest BCUT2D eigenvalue weighted by atomic mass is 10.2. The number of rotatable bonds is 3. The van der Waals surface area contributed by atoms with E-state index in [4.69, 9.17) is 11.0 Å². The van der Waals surface area contributed by atoms with Crippen LogP contribution in [-0.2, 0) is 4.79 Å². The van der Waals surface area contributed by atoms with Crippen LogP contribution < -0.4 is 14.9 Å². The number of aromatic nitrogens is 1. The van der Waals surface area contributed by atoms with Crippen molar-refractivity contribution in [1.82, 2.24) is 4.40 Å². The van der Waals surface area contributed by atoms with E-state index in [2.05, 4.69) is 16.7 Å². The first kappa shape index (κ1) is 14.7. The molecule has 0 saturated carbocycles. The number of aryl methyl sites for hydroxylation is 2. The highest BCUT2D eigenvalue weighted by Crippen LogP contribution is 2.13. The Hall–Kier alpha value is -1.71. The van der Waals surface area contributed by atoms with E-state index in [0.717, 1.165) is 27.2 Å². The van der Waals surface area contributed by atoms with Crippen molar-refractivity contribution >= 4 is 45.5 Å². The third-order valence-electron chi connectivity index (χ3n) is 3.10. The molecule has 2 heterocycles. The predicted molar refractivity (Wildman–Crippen MR) is 84.8 cm³/mol. The molecule has 0 radical (unpaired) electrons. The van der Waals surface area contributed by atoms with Crippen molar-refractivity contribution in [2.45, 2.75) is 20.8 Å². The van der Waals surface area contributed by atoms with Gasteiger partial charge in [-0.25, -0.2) is 0 Å². The molecular weight excluding hydrogens is 290 g/mol. The van der Waals surface area contributed by atoms with Gasteiger partial charge in [0.15, 0.2) is 0 Å². The molecule has 6 heteroatoms. The minimum absolute atomic E-state index is 0.0265. The number of nitrogens with two attached hydrogens (primary N) is 1. The smallest absolute Gasteiger partial charge is 0.260 e. The number of carbonyl (C=O) groups is 1. The van der Waals surface area contributed by atoms with Gasteiger partial charge in [-0.3, -0.25) is 4.79 Å². The van der Waals surface area contributed by atoms with Crippen molar-refractivity contribution in [1.29, 1.82) is 5.26 Å². The molecule has 0 spiro atoms. The molecule has 0 aliphatic rings. The average Bonchev–Trinajstić information content (AvgIpc) is 2.88. The van der Waals surface area contributed by atoms with Gasteiger partial charge in [-0.15, -0.1) is 23.1 Å². The summed E-state index contributed by atoms with van der Waals surface area (Å²) < 4.78 is 3.75. The molecule has 2 aromatic rings. The summed E-state index contributed by atoms with van der Waals surface area (Å²) in [6.45, 7) is 6.13. The van der Waals surface area contributed by atoms with E-state index in [-0.39, 0.29) is 5.57 Å². The summed E-state index contributed by atoms with van der Waals surface area (Å²) in [4.78, 5) is 11.4. The fourth-order valence-electron chi connectivity index (χ4n) is 2.01. The topological polar surface area (TPSA) is 71.3 Å². The number of thiazole rings is 1. The van der Waals surface area contributed by atoms with Crippen LogP contribution in [0.3, 0.4) is 0 Å². The van der Waals surface area contributed by atoms with E-state index in [1.54, 1.807) is 11.8 Å². The molecule has 0 aliphatic carbocycles. The van der Waals surface area contributed by atoms with E-state index < -0.39 is 5.91 Å². The fraction of sp³-hybridized carbons (Fsp3) is 0.286. The number of nitrogens with zero attached hydrogens (tertiary/aromatic N) is 2. The van der Waals surface area contributed by atoms with Gasteiger partial charge in [-0.1, -0.05) is 6.92 Å². The van der Waals surface area contributed by atoms with Gasteiger partial charge >= 0.3 is 0 Å². The van der Waals surface area contributed by atoms with Crippen LogP contribution in [0.15, 0.2) is 6.07 Å². The summed E-state index contributed by atoms with van der Waals surface area (Å²) in [5.74, 6) is 0.293. The number of thioether (sulfide) groups is 1. The molecule has 0 aliphatic heterocycles. The molecule has 0 atom stereocenters. The van der Waals surface area contributed by atoms with Crippen molar-refractivity contribution in [2.24, 2.45) is 5.73 Å². The number of nitriles is 1. The van der Waals surface area contributed by atoms with Gasteiger partial charge in [0.05, 0.1) is 10.0 Å². The first-order valence-electron chi connectivity index (χ1n) is 6.14. The minimum Gasteiger partial charge on any atom is -0.365 e. The molecule has 104 valence electrons. The van der Waals surface area contributed by atoms with Gasteiger partial charge in [0, 0.05) is 11.1 Å². The van der Waals surface area contributed by atoms with Gasteiger partial charge in [0.2, 0.25) is 0 Å². The number of hydrogen-bond donors (Lipinski definition) is 1. The molecule has 0 saturated heterocycles. The molecule has 2 N–H and O–H groups in total. The normalized spacial score (nSPS) is 13.6. The summed E-state index contributed by atoms with van der Waals surface area (Å²) in [5, 5.41) is 11.2. The van der Waals surface area contributed by atoms with Gasteiger partial charge < -0.3 is 10.1 Å². The summed E-state index contributed by atoms with van der Waals surface area (Å²) in [7, 11) is 0. The predicted octanol–water partition coefficient (Wildman–Crippen LogP) is 1.27. The summed E-state index contributed by atoms with van der Waals surface area (Å²) in [5.41, 5.74) is 8.46. The van der Waals surface area contributed by atoms with Crippen molar-refractivity contribution in [3.63, 3.8) is 0 Å². The average molecular weight is 305 g/mol. The molecule has 2 rings (SSSR count). The van der Waals surface area contributed by atoms with Crippen LogP contribution in [0.2, 0.25) is 0 Å². The zero-order chi connectivity index (χ0) is 14.9. The third-order valence-corrected chi connectivity index (χ3v) is 5.10. The molecule has 0 unspecified atom stereocenters. The highest BCUT2D eigenvalue weighted by molar-refractivity contribution is 8.06. The second-order valence-electron chi connectivity index (χ2n) is 4.33. The maximum Gasteiger partial charge on any atom is 0.260 e. The molecule has 4 nitrogen and oxygen atoms in total.